The maximum absolute atomic E-state index is 13.0. The van der Waals surface area contributed by atoms with Crippen LogP contribution in [0.15, 0.2) is 60.8 Å². The second-order valence-electron chi connectivity index (χ2n) is 10.5. The number of carbonyl (C=O) groups is 3. The normalized spacial score (nSPS) is 20.3. The minimum atomic E-state index is -0.579. The van der Waals surface area contributed by atoms with Gasteiger partial charge in [-0.3, -0.25) is 34.5 Å². The van der Waals surface area contributed by atoms with Crippen LogP contribution in [0.25, 0.3) is 11.3 Å². The van der Waals surface area contributed by atoms with E-state index in [1.165, 1.54) is 11.1 Å². The molecule has 0 spiro atoms. The molecule has 3 aliphatic rings. The molecule has 8 nitrogen and oxygen atoms in total. The summed E-state index contributed by atoms with van der Waals surface area (Å²) in [4.78, 5) is 47.7. The second kappa shape index (κ2) is 10.9. The first kappa shape index (κ1) is 25.7. The van der Waals surface area contributed by atoms with Crippen LogP contribution in [-0.4, -0.2) is 69.6 Å². The first-order valence-corrected chi connectivity index (χ1v) is 13.7. The fraction of sp³-hybridized carbons (Fsp3) is 0.333. The van der Waals surface area contributed by atoms with Crippen LogP contribution >= 0.6 is 11.6 Å². The Morgan fingerprint density at radius 3 is 2.23 bits per heavy atom. The van der Waals surface area contributed by atoms with Crippen molar-refractivity contribution >= 4 is 29.3 Å². The lowest BCUT2D eigenvalue weighted by atomic mass is 10.0. The number of hydrogen-bond acceptors (Lipinski definition) is 6. The number of hydrogen-bond donors (Lipinski definition) is 1. The molecule has 1 aromatic heterocycles. The highest BCUT2D eigenvalue weighted by Gasteiger charge is 2.39. The lowest BCUT2D eigenvalue weighted by Crippen LogP contribution is -2.52. The number of halogens is 1. The van der Waals surface area contributed by atoms with Crippen molar-refractivity contribution in [2.24, 2.45) is 0 Å². The summed E-state index contributed by atoms with van der Waals surface area (Å²) in [6, 6.07) is 17.8. The highest BCUT2D eigenvalue weighted by molar-refractivity contribution is 6.30. The molecule has 200 valence electrons. The SMILES string of the molecule is O=C1CCC(N2Cc3cc(CN4CCN(Cc5ccc(-c6ccc(Cl)cn6)cc5)CC4)ccc3C2=O)C(=O)N1. The van der Waals surface area contributed by atoms with Gasteiger partial charge in [-0.05, 0) is 41.3 Å². The monoisotopic (exact) mass is 543 g/mol. The molecule has 1 unspecified atom stereocenters. The van der Waals surface area contributed by atoms with E-state index in [4.69, 9.17) is 11.6 Å². The maximum Gasteiger partial charge on any atom is 0.255 e. The molecule has 6 rings (SSSR count). The molecule has 2 aromatic carbocycles. The molecular formula is C30H30ClN5O3. The molecule has 3 aliphatic heterocycles. The van der Waals surface area contributed by atoms with Crippen molar-refractivity contribution in [1.82, 2.24) is 25.0 Å². The van der Waals surface area contributed by atoms with Crippen molar-refractivity contribution in [3.8, 4) is 11.3 Å². The smallest absolute Gasteiger partial charge is 0.255 e. The second-order valence-corrected chi connectivity index (χ2v) is 10.9. The van der Waals surface area contributed by atoms with Crippen molar-refractivity contribution in [1.29, 1.82) is 0 Å². The summed E-state index contributed by atoms with van der Waals surface area (Å²) in [5.74, 6) is -0.774. The Morgan fingerprint density at radius 2 is 1.56 bits per heavy atom. The van der Waals surface area contributed by atoms with E-state index >= 15 is 0 Å². The lowest BCUT2D eigenvalue weighted by Gasteiger charge is -2.34. The molecular weight excluding hydrogens is 514 g/mol. The molecule has 0 bridgehead atoms. The molecule has 3 aromatic rings. The van der Waals surface area contributed by atoms with Gasteiger partial charge in [0, 0.05) is 69.6 Å². The number of piperidine rings is 1. The number of rotatable bonds is 6. The van der Waals surface area contributed by atoms with Crippen LogP contribution in [0.4, 0.5) is 0 Å². The zero-order valence-corrected chi connectivity index (χ0v) is 22.4. The summed E-state index contributed by atoms with van der Waals surface area (Å²) in [5, 5.41) is 3.00. The number of pyridine rings is 1. The van der Waals surface area contributed by atoms with Gasteiger partial charge in [0.15, 0.2) is 0 Å². The summed E-state index contributed by atoms with van der Waals surface area (Å²) >= 11 is 5.95. The average molecular weight is 544 g/mol. The zero-order valence-electron chi connectivity index (χ0n) is 21.6. The van der Waals surface area contributed by atoms with Gasteiger partial charge in [0.25, 0.3) is 5.91 Å². The topological polar surface area (TPSA) is 85.9 Å². The fourth-order valence-electron chi connectivity index (χ4n) is 5.68. The Kier molecular flexibility index (Phi) is 7.16. The quantitative estimate of drug-likeness (QED) is 0.479. The van der Waals surface area contributed by atoms with Gasteiger partial charge in [0.1, 0.15) is 6.04 Å². The van der Waals surface area contributed by atoms with Gasteiger partial charge in [0.2, 0.25) is 11.8 Å². The molecule has 2 fully saturated rings. The molecule has 4 heterocycles. The lowest BCUT2D eigenvalue weighted by molar-refractivity contribution is -0.136. The third kappa shape index (κ3) is 5.59. The van der Waals surface area contributed by atoms with E-state index in [1.54, 1.807) is 11.1 Å². The Balaban J connectivity index is 1.01. The van der Waals surface area contributed by atoms with Crippen LogP contribution in [0.5, 0.6) is 0 Å². The number of carbonyl (C=O) groups excluding carboxylic acids is 3. The van der Waals surface area contributed by atoms with Crippen LogP contribution in [0, 0.1) is 0 Å². The molecule has 1 atom stereocenters. The molecule has 9 heteroatoms. The Bertz CT molecular complexity index is 1400. The molecule has 2 saturated heterocycles. The molecule has 3 amide bonds. The Labute approximate surface area is 232 Å². The number of amides is 3. The molecule has 0 aliphatic carbocycles. The number of aromatic nitrogens is 1. The first-order valence-electron chi connectivity index (χ1n) is 13.3. The third-order valence-corrected chi connectivity index (χ3v) is 8.07. The summed E-state index contributed by atoms with van der Waals surface area (Å²) in [5.41, 5.74) is 6.07. The van der Waals surface area contributed by atoms with Gasteiger partial charge in [-0.1, -0.05) is 48.0 Å². The Hall–Kier alpha value is -3.59. The van der Waals surface area contributed by atoms with Gasteiger partial charge in [-0.2, -0.15) is 0 Å². The van der Waals surface area contributed by atoms with Crippen LogP contribution in [0.2, 0.25) is 5.02 Å². The molecule has 0 saturated carbocycles. The van der Waals surface area contributed by atoms with Gasteiger partial charge >= 0.3 is 0 Å². The highest BCUT2D eigenvalue weighted by Crippen LogP contribution is 2.29. The minimum absolute atomic E-state index is 0.128. The standard InChI is InChI=1S/C30H30ClN5O3/c31-24-6-8-26(32-16-24)22-4-1-20(2-5-22)17-34-11-13-35(14-12-34)18-21-3-7-25-23(15-21)19-36(30(25)39)27-9-10-28(37)33-29(27)38/h1-8,15-16,27H,9-14,17-19H2,(H,33,37,38). The average Bonchev–Trinajstić information content (AvgIpc) is 3.26. The zero-order chi connectivity index (χ0) is 26.9. The maximum atomic E-state index is 13.0. The molecule has 0 radical (unpaired) electrons. The van der Waals surface area contributed by atoms with E-state index in [9.17, 15) is 14.4 Å². The van der Waals surface area contributed by atoms with Crippen LogP contribution in [-0.2, 0) is 29.2 Å². The third-order valence-electron chi connectivity index (χ3n) is 7.84. The summed E-state index contributed by atoms with van der Waals surface area (Å²) in [6.45, 7) is 6.10. The summed E-state index contributed by atoms with van der Waals surface area (Å²) in [6.07, 6.45) is 2.31. The molecule has 1 N–H and O–H groups in total. The van der Waals surface area contributed by atoms with Gasteiger partial charge in [-0.25, -0.2) is 0 Å². The number of piperazine rings is 1. The number of nitrogens with one attached hydrogen (secondary N) is 1. The van der Waals surface area contributed by atoms with Gasteiger partial charge < -0.3 is 4.90 Å². The first-order chi connectivity index (χ1) is 18.9. The van der Waals surface area contributed by atoms with E-state index in [2.05, 4.69) is 50.4 Å². The van der Waals surface area contributed by atoms with Crippen molar-refractivity contribution in [3.63, 3.8) is 0 Å². The van der Waals surface area contributed by atoms with Gasteiger partial charge in [-0.15, -0.1) is 0 Å². The van der Waals surface area contributed by atoms with Crippen molar-refractivity contribution < 1.29 is 14.4 Å². The van der Waals surface area contributed by atoms with Crippen molar-refractivity contribution in [3.05, 3.63) is 88.1 Å². The van der Waals surface area contributed by atoms with Crippen LogP contribution in [0.1, 0.15) is 39.9 Å². The number of imide groups is 1. The van der Waals surface area contributed by atoms with Crippen LogP contribution in [0.3, 0.4) is 0 Å². The highest BCUT2D eigenvalue weighted by atomic mass is 35.5. The largest absolute Gasteiger partial charge is 0.322 e. The van der Waals surface area contributed by atoms with E-state index in [1.807, 2.05) is 24.3 Å². The fourth-order valence-corrected chi connectivity index (χ4v) is 5.79. The summed E-state index contributed by atoms with van der Waals surface area (Å²) < 4.78 is 0. The van der Waals surface area contributed by atoms with E-state index in [0.717, 1.165) is 56.1 Å². The number of nitrogens with zero attached hydrogens (tertiary/aromatic N) is 4. The Morgan fingerprint density at radius 1 is 0.872 bits per heavy atom. The minimum Gasteiger partial charge on any atom is -0.322 e. The summed E-state index contributed by atoms with van der Waals surface area (Å²) in [7, 11) is 0. The van der Waals surface area contributed by atoms with Crippen molar-refractivity contribution in [2.45, 2.75) is 38.5 Å². The van der Waals surface area contributed by atoms with Gasteiger partial charge in [0.05, 0.1) is 10.7 Å². The number of benzene rings is 2. The van der Waals surface area contributed by atoms with E-state index in [0.29, 0.717) is 23.6 Å². The predicted octanol–water partition coefficient (Wildman–Crippen LogP) is 3.48. The molecule has 39 heavy (non-hydrogen) atoms. The number of fused-ring (bicyclic) bond motifs is 1. The van der Waals surface area contributed by atoms with Crippen molar-refractivity contribution in [2.75, 3.05) is 26.2 Å². The van der Waals surface area contributed by atoms with E-state index in [-0.39, 0.29) is 24.1 Å². The van der Waals surface area contributed by atoms with E-state index < -0.39 is 6.04 Å². The van der Waals surface area contributed by atoms with Crippen LogP contribution < -0.4 is 5.32 Å². The predicted molar refractivity (Wildman–Crippen MR) is 148 cm³/mol.